The Morgan fingerprint density at radius 3 is 2.55 bits per heavy atom. The van der Waals surface area contributed by atoms with Gasteiger partial charge in [0.1, 0.15) is 11.5 Å². The van der Waals surface area contributed by atoms with Crippen LogP contribution < -0.4 is 19.7 Å². The second kappa shape index (κ2) is 8.77. The molecule has 1 N–H and O–H groups in total. The average Bonchev–Trinajstić information content (AvgIpc) is 2.74. The summed E-state index contributed by atoms with van der Waals surface area (Å²) in [6, 6.07) is 12.4. The molecule has 3 rings (SSSR count). The van der Waals surface area contributed by atoms with Gasteiger partial charge in [0.25, 0.3) is 5.91 Å². The Morgan fingerprint density at radius 2 is 1.86 bits per heavy atom. The van der Waals surface area contributed by atoms with Crippen molar-refractivity contribution >= 4 is 23.3 Å². The molecule has 0 aromatic heterocycles. The van der Waals surface area contributed by atoms with Crippen LogP contribution in [-0.2, 0) is 16.1 Å². The number of ketones is 1. The number of carbonyl (C=O) groups is 3. The van der Waals surface area contributed by atoms with Gasteiger partial charge >= 0.3 is 0 Å². The van der Waals surface area contributed by atoms with Crippen LogP contribution in [-0.4, -0.2) is 37.9 Å². The standard InChI is InChI=1S/C22H24N2O5/c1-14-22(27)24(2)18-12-16(6-10-20(18)29-14)19(25)9-11-21(26)23-13-15-4-7-17(28-3)8-5-15/h4-8,10,12,14H,9,11,13H2,1-3H3,(H,23,26). The zero-order valence-electron chi connectivity index (χ0n) is 16.7. The first kappa shape index (κ1) is 20.4. The van der Waals surface area contributed by atoms with Crippen LogP contribution in [0.2, 0.25) is 0 Å². The largest absolute Gasteiger partial charge is 0.497 e. The molecule has 1 unspecified atom stereocenters. The molecule has 1 aliphatic rings. The van der Waals surface area contributed by atoms with E-state index in [1.54, 1.807) is 39.3 Å². The molecule has 0 aliphatic carbocycles. The van der Waals surface area contributed by atoms with Crippen molar-refractivity contribution < 1.29 is 23.9 Å². The molecule has 2 aromatic carbocycles. The van der Waals surface area contributed by atoms with Gasteiger partial charge in [0.05, 0.1) is 12.8 Å². The number of nitrogens with zero attached hydrogens (tertiary/aromatic N) is 1. The van der Waals surface area contributed by atoms with Crippen molar-refractivity contribution in [2.45, 2.75) is 32.4 Å². The summed E-state index contributed by atoms with van der Waals surface area (Å²) >= 11 is 0. The number of benzene rings is 2. The van der Waals surface area contributed by atoms with E-state index in [4.69, 9.17) is 9.47 Å². The molecule has 152 valence electrons. The number of methoxy groups -OCH3 is 1. The Balaban J connectivity index is 1.54. The van der Waals surface area contributed by atoms with Crippen LogP contribution in [0.5, 0.6) is 11.5 Å². The van der Waals surface area contributed by atoms with E-state index in [0.29, 0.717) is 23.5 Å². The highest BCUT2D eigenvalue weighted by molar-refractivity contribution is 6.03. The van der Waals surface area contributed by atoms with Crippen LogP contribution in [0.1, 0.15) is 35.7 Å². The van der Waals surface area contributed by atoms with Gasteiger partial charge in [-0.05, 0) is 42.8 Å². The summed E-state index contributed by atoms with van der Waals surface area (Å²) in [5.74, 6) is 0.791. The predicted octanol–water partition coefficient (Wildman–Crippen LogP) is 2.72. The SMILES string of the molecule is COc1ccc(CNC(=O)CCC(=O)c2ccc3c(c2)N(C)C(=O)C(C)O3)cc1. The van der Waals surface area contributed by atoms with Gasteiger partial charge in [-0.25, -0.2) is 0 Å². The van der Waals surface area contributed by atoms with Gasteiger partial charge in [-0.15, -0.1) is 0 Å². The second-order valence-electron chi connectivity index (χ2n) is 6.89. The number of hydrogen-bond acceptors (Lipinski definition) is 5. The van der Waals surface area contributed by atoms with E-state index in [2.05, 4.69) is 5.32 Å². The fourth-order valence-corrected chi connectivity index (χ4v) is 3.09. The fourth-order valence-electron chi connectivity index (χ4n) is 3.09. The summed E-state index contributed by atoms with van der Waals surface area (Å²) in [4.78, 5) is 38.1. The number of hydrogen-bond donors (Lipinski definition) is 1. The summed E-state index contributed by atoms with van der Waals surface area (Å²) in [5.41, 5.74) is 1.95. The van der Waals surface area contributed by atoms with Crippen molar-refractivity contribution in [3.63, 3.8) is 0 Å². The first-order chi connectivity index (χ1) is 13.9. The summed E-state index contributed by atoms with van der Waals surface area (Å²) < 4.78 is 10.7. The number of likely N-dealkylation sites (N-methyl/N-ethyl adjacent to an activating group) is 1. The van der Waals surface area contributed by atoms with Crippen LogP contribution >= 0.6 is 0 Å². The van der Waals surface area contributed by atoms with Gasteiger partial charge in [-0.1, -0.05) is 12.1 Å². The van der Waals surface area contributed by atoms with E-state index >= 15 is 0 Å². The molecule has 0 radical (unpaired) electrons. The molecule has 0 fully saturated rings. The Labute approximate surface area is 169 Å². The lowest BCUT2D eigenvalue weighted by atomic mass is 10.0. The van der Waals surface area contributed by atoms with Crippen molar-refractivity contribution in [1.82, 2.24) is 5.32 Å². The zero-order chi connectivity index (χ0) is 21.0. The summed E-state index contributed by atoms with van der Waals surface area (Å²) in [6.45, 7) is 2.07. The third kappa shape index (κ3) is 4.74. The molecular weight excluding hydrogens is 372 g/mol. The van der Waals surface area contributed by atoms with E-state index in [0.717, 1.165) is 11.3 Å². The molecule has 7 nitrogen and oxygen atoms in total. The minimum absolute atomic E-state index is 0.0855. The fraction of sp³-hybridized carbons (Fsp3) is 0.318. The monoisotopic (exact) mass is 396 g/mol. The van der Waals surface area contributed by atoms with Gasteiger partial charge in [0.2, 0.25) is 5.91 Å². The first-order valence-electron chi connectivity index (χ1n) is 9.40. The first-order valence-corrected chi connectivity index (χ1v) is 9.40. The Kier molecular flexibility index (Phi) is 6.16. The lowest BCUT2D eigenvalue weighted by molar-refractivity contribution is -0.125. The summed E-state index contributed by atoms with van der Waals surface area (Å²) in [7, 11) is 3.25. The molecule has 7 heteroatoms. The minimum atomic E-state index is -0.552. The number of fused-ring (bicyclic) bond motifs is 1. The van der Waals surface area contributed by atoms with Gasteiger partial charge in [-0.2, -0.15) is 0 Å². The molecule has 2 aromatic rings. The number of ether oxygens (including phenoxy) is 2. The number of rotatable bonds is 7. The van der Waals surface area contributed by atoms with Gasteiger partial charge in [0, 0.05) is 32.0 Å². The Hall–Kier alpha value is -3.35. The van der Waals surface area contributed by atoms with Crippen molar-refractivity contribution in [3.8, 4) is 11.5 Å². The highest BCUT2D eigenvalue weighted by atomic mass is 16.5. The number of anilines is 1. The molecule has 1 aliphatic heterocycles. The zero-order valence-corrected chi connectivity index (χ0v) is 16.7. The molecule has 1 atom stereocenters. The predicted molar refractivity (Wildman–Crippen MR) is 108 cm³/mol. The van der Waals surface area contributed by atoms with E-state index in [9.17, 15) is 14.4 Å². The Morgan fingerprint density at radius 1 is 1.14 bits per heavy atom. The normalized spacial score (nSPS) is 15.3. The maximum Gasteiger partial charge on any atom is 0.267 e. The third-order valence-electron chi connectivity index (χ3n) is 4.85. The topological polar surface area (TPSA) is 84.9 Å². The van der Waals surface area contributed by atoms with Crippen molar-refractivity contribution in [2.75, 3.05) is 19.1 Å². The van der Waals surface area contributed by atoms with Gasteiger partial charge < -0.3 is 19.7 Å². The maximum atomic E-state index is 12.5. The van der Waals surface area contributed by atoms with Gasteiger partial charge in [0.15, 0.2) is 11.9 Å². The molecular formula is C22H24N2O5. The maximum absolute atomic E-state index is 12.5. The second-order valence-corrected chi connectivity index (χ2v) is 6.89. The smallest absolute Gasteiger partial charge is 0.267 e. The number of nitrogens with one attached hydrogen (secondary N) is 1. The van der Waals surface area contributed by atoms with E-state index in [1.165, 1.54) is 4.90 Å². The highest BCUT2D eigenvalue weighted by Gasteiger charge is 2.29. The van der Waals surface area contributed by atoms with Crippen molar-refractivity contribution in [3.05, 3.63) is 53.6 Å². The van der Waals surface area contributed by atoms with E-state index in [1.807, 2.05) is 24.3 Å². The minimum Gasteiger partial charge on any atom is -0.497 e. The molecule has 29 heavy (non-hydrogen) atoms. The highest BCUT2D eigenvalue weighted by Crippen LogP contribution is 2.34. The number of carbonyl (C=O) groups excluding carboxylic acids is 3. The third-order valence-corrected chi connectivity index (χ3v) is 4.85. The summed E-state index contributed by atoms with van der Waals surface area (Å²) in [6.07, 6.45) is -0.375. The van der Waals surface area contributed by atoms with E-state index < -0.39 is 6.10 Å². The number of amides is 2. The van der Waals surface area contributed by atoms with Crippen molar-refractivity contribution in [2.24, 2.45) is 0 Å². The van der Waals surface area contributed by atoms with Gasteiger partial charge in [-0.3, -0.25) is 14.4 Å². The molecule has 0 saturated heterocycles. The lowest BCUT2D eigenvalue weighted by Gasteiger charge is -2.30. The molecule has 2 amide bonds. The van der Waals surface area contributed by atoms with Crippen molar-refractivity contribution in [1.29, 1.82) is 0 Å². The summed E-state index contributed by atoms with van der Waals surface area (Å²) in [5, 5.41) is 2.81. The number of Topliss-reactive ketones (excluding diaryl/α,β-unsaturated/α-hetero) is 1. The molecule has 0 spiro atoms. The quantitative estimate of drug-likeness (QED) is 0.728. The molecule has 1 heterocycles. The Bertz CT molecular complexity index is 923. The van der Waals surface area contributed by atoms with Crippen LogP contribution in [0.15, 0.2) is 42.5 Å². The van der Waals surface area contributed by atoms with Crippen LogP contribution in [0.3, 0.4) is 0 Å². The van der Waals surface area contributed by atoms with Crippen LogP contribution in [0, 0.1) is 0 Å². The van der Waals surface area contributed by atoms with Crippen LogP contribution in [0.4, 0.5) is 5.69 Å². The average molecular weight is 396 g/mol. The van der Waals surface area contributed by atoms with E-state index in [-0.39, 0.29) is 30.4 Å². The molecule has 0 saturated carbocycles. The molecule has 0 bridgehead atoms. The lowest BCUT2D eigenvalue weighted by Crippen LogP contribution is -2.42. The van der Waals surface area contributed by atoms with Crippen LogP contribution in [0.25, 0.3) is 0 Å².